The third-order valence-electron chi connectivity index (χ3n) is 6.47. The number of anilines is 2. The Bertz CT molecular complexity index is 1250. The Labute approximate surface area is 243 Å². The Morgan fingerprint density at radius 1 is 1.15 bits per heavy atom. The Balaban J connectivity index is 0.00000420. The average Bonchev–Trinajstić information content (AvgIpc) is 3.21. The number of nitrogens with one attached hydrogen (secondary N) is 3. The van der Waals surface area contributed by atoms with Gasteiger partial charge >= 0.3 is 6.03 Å². The second-order valence-electron chi connectivity index (χ2n) is 9.31. The van der Waals surface area contributed by atoms with Gasteiger partial charge in [-0.3, -0.25) is 5.32 Å². The van der Waals surface area contributed by atoms with E-state index < -0.39 is 11.7 Å². The van der Waals surface area contributed by atoms with Gasteiger partial charge in [0.05, 0.1) is 21.3 Å². The number of halogens is 4. The fraction of sp³-hybridized carbons (Fsp3) is 0.407. The van der Waals surface area contributed by atoms with Crippen molar-refractivity contribution in [2.75, 3.05) is 44.0 Å². The van der Waals surface area contributed by atoms with E-state index in [0.29, 0.717) is 71.8 Å². The normalized spacial score (nSPS) is 14.4. The fourth-order valence-corrected chi connectivity index (χ4v) is 4.66. The van der Waals surface area contributed by atoms with Gasteiger partial charge in [-0.15, -0.1) is 17.5 Å². The number of rotatable bonds is 10. The number of aryl methyl sites for hydroxylation is 1. The van der Waals surface area contributed by atoms with Crippen molar-refractivity contribution in [1.29, 1.82) is 0 Å². The number of aromatic nitrogens is 2. The van der Waals surface area contributed by atoms with E-state index >= 15 is 4.39 Å². The lowest BCUT2D eigenvalue weighted by Gasteiger charge is -2.29. The molecule has 0 bridgehead atoms. The van der Waals surface area contributed by atoms with Crippen LogP contribution in [0.15, 0.2) is 42.5 Å². The molecular formula is C27H33Cl3FN5O3. The van der Waals surface area contributed by atoms with E-state index in [0.717, 1.165) is 12.0 Å². The van der Waals surface area contributed by atoms with Crippen LogP contribution in [0.5, 0.6) is 5.88 Å². The molecule has 212 valence electrons. The number of para-hydroxylation sites is 1. The van der Waals surface area contributed by atoms with Crippen molar-refractivity contribution in [2.45, 2.75) is 38.3 Å². The first kappa shape index (κ1) is 31.0. The lowest BCUT2D eigenvalue weighted by Crippen LogP contribution is -2.42. The molecular weight excluding hydrogens is 568 g/mol. The number of alkyl halides is 1. The lowest BCUT2D eigenvalue weighted by molar-refractivity contribution is 0.0514. The predicted octanol–water partition coefficient (Wildman–Crippen LogP) is 6.60. The van der Waals surface area contributed by atoms with Gasteiger partial charge in [0.25, 0.3) is 0 Å². The largest absolute Gasteiger partial charge is 0.473 e. The van der Waals surface area contributed by atoms with Crippen LogP contribution in [0.3, 0.4) is 0 Å². The molecule has 1 fully saturated rings. The summed E-state index contributed by atoms with van der Waals surface area (Å²) in [6.45, 7) is 3.45. The van der Waals surface area contributed by atoms with Crippen LogP contribution in [-0.2, 0) is 11.2 Å². The Hall–Kier alpha value is -2.56. The summed E-state index contributed by atoms with van der Waals surface area (Å²) in [7, 11) is 1.64. The van der Waals surface area contributed by atoms with Gasteiger partial charge in [-0.1, -0.05) is 41.4 Å². The number of carbonyl (C=O) groups is 1. The number of methoxy groups -OCH3 is 1. The Kier molecular flexibility index (Phi) is 11.3. The van der Waals surface area contributed by atoms with E-state index in [2.05, 4.69) is 21.0 Å². The van der Waals surface area contributed by atoms with Gasteiger partial charge in [0, 0.05) is 19.4 Å². The molecule has 12 heteroatoms. The quantitative estimate of drug-likeness (QED) is 0.228. The van der Waals surface area contributed by atoms with Gasteiger partial charge in [0.2, 0.25) is 5.88 Å². The number of urea groups is 1. The molecule has 1 aliphatic rings. The van der Waals surface area contributed by atoms with Gasteiger partial charge < -0.3 is 20.1 Å². The molecule has 0 unspecified atom stereocenters. The van der Waals surface area contributed by atoms with E-state index in [1.807, 2.05) is 30.3 Å². The summed E-state index contributed by atoms with van der Waals surface area (Å²) < 4.78 is 27.8. The molecule has 8 nitrogen and oxygen atoms in total. The number of benzene rings is 2. The van der Waals surface area contributed by atoms with Crippen molar-refractivity contribution >= 4 is 53.1 Å². The van der Waals surface area contributed by atoms with E-state index in [4.69, 9.17) is 32.7 Å². The number of hydrogen-bond acceptors (Lipinski definition) is 5. The molecule has 1 aliphatic heterocycles. The van der Waals surface area contributed by atoms with Crippen LogP contribution in [0, 0.1) is 6.92 Å². The molecule has 3 aromatic rings. The average molecular weight is 601 g/mol. The maximum Gasteiger partial charge on any atom is 0.324 e. The molecule has 1 saturated heterocycles. The SMILES string of the molecule is COCCCc1cc(Cl)c(Cl)cc1NC(=O)Nc1c(C)c(OCC2(F)CCNCC2)nn1-c1ccccc1.Cl. The summed E-state index contributed by atoms with van der Waals surface area (Å²) in [6.07, 6.45) is 2.13. The number of piperidine rings is 1. The smallest absolute Gasteiger partial charge is 0.324 e. The fourth-order valence-electron chi connectivity index (χ4n) is 4.31. The number of ether oxygens (including phenoxy) is 2. The van der Waals surface area contributed by atoms with Crippen LogP contribution in [0.1, 0.15) is 30.4 Å². The molecule has 2 aromatic carbocycles. The molecule has 0 aliphatic carbocycles. The maximum atomic E-state index is 15.2. The topological polar surface area (TPSA) is 89.4 Å². The number of carbonyl (C=O) groups excluding carboxylic acids is 1. The zero-order valence-electron chi connectivity index (χ0n) is 21.9. The zero-order chi connectivity index (χ0) is 27.1. The highest BCUT2D eigenvalue weighted by molar-refractivity contribution is 6.42. The highest BCUT2D eigenvalue weighted by Crippen LogP contribution is 2.33. The second kappa shape index (κ2) is 14.2. The highest BCUT2D eigenvalue weighted by Gasteiger charge is 2.33. The summed E-state index contributed by atoms with van der Waals surface area (Å²) >= 11 is 12.5. The van der Waals surface area contributed by atoms with Gasteiger partial charge in [0.1, 0.15) is 18.1 Å². The predicted molar refractivity (Wildman–Crippen MR) is 156 cm³/mol. The molecule has 39 heavy (non-hydrogen) atoms. The van der Waals surface area contributed by atoms with Gasteiger partial charge in [-0.2, -0.15) is 0 Å². The molecule has 2 heterocycles. The molecule has 0 saturated carbocycles. The van der Waals surface area contributed by atoms with Crippen LogP contribution in [0.25, 0.3) is 5.69 Å². The number of hydrogen-bond donors (Lipinski definition) is 3. The highest BCUT2D eigenvalue weighted by atomic mass is 35.5. The van der Waals surface area contributed by atoms with E-state index in [9.17, 15) is 4.79 Å². The third-order valence-corrected chi connectivity index (χ3v) is 7.19. The zero-order valence-corrected chi connectivity index (χ0v) is 24.2. The number of amides is 2. The summed E-state index contributed by atoms with van der Waals surface area (Å²) in [5.74, 6) is 0.664. The van der Waals surface area contributed by atoms with E-state index in [1.165, 1.54) is 0 Å². The van der Waals surface area contributed by atoms with Crippen molar-refractivity contribution in [3.63, 3.8) is 0 Å². The Morgan fingerprint density at radius 3 is 2.54 bits per heavy atom. The van der Waals surface area contributed by atoms with Gasteiger partial charge in [0.15, 0.2) is 0 Å². The third kappa shape index (κ3) is 7.99. The minimum atomic E-state index is -1.42. The first-order valence-electron chi connectivity index (χ1n) is 12.5. The van der Waals surface area contributed by atoms with Crippen molar-refractivity contribution in [3.8, 4) is 11.6 Å². The Morgan fingerprint density at radius 2 is 1.85 bits per heavy atom. The summed E-state index contributed by atoms with van der Waals surface area (Å²) in [5.41, 5.74) is 1.24. The van der Waals surface area contributed by atoms with Crippen LogP contribution >= 0.6 is 35.6 Å². The van der Waals surface area contributed by atoms with Gasteiger partial charge in [-0.05, 0) is 75.5 Å². The minimum absolute atomic E-state index is 0. The van der Waals surface area contributed by atoms with Crippen LogP contribution < -0.4 is 20.7 Å². The summed E-state index contributed by atoms with van der Waals surface area (Å²) in [4.78, 5) is 13.2. The second-order valence-corrected chi connectivity index (χ2v) is 10.1. The van der Waals surface area contributed by atoms with Crippen molar-refractivity contribution in [3.05, 3.63) is 63.6 Å². The van der Waals surface area contributed by atoms with Crippen LogP contribution in [0.4, 0.5) is 20.7 Å². The summed E-state index contributed by atoms with van der Waals surface area (Å²) in [6, 6.07) is 12.2. The minimum Gasteiger partial charge on any atom is -0.473 e. The van der Waals surface area contributed by atoms with Crippen molar-refractivity contribution in [2.24, 2.45) is 0 Å². The molecule has 4 rings (SSSR count). The van der Waals surface area contributed by atoms with Crippen LogP contribution in [-0.4, -0.2) is 54.9 Å². The van der Waals surface area contributed by atoms with E-state index in [-0.39, 0.29) is 24.9 Å². The molecule has 3 N–H and O–H groups in total. The summed E-state index contributed by atoms with van der Waals surface area (Å²) in [5, 5.41) is 14.2. The van der Waals surface area contributed by atoms with Gasteiger partial charge in [-0.25, -0.2) is 13.9 Å². The van der Waals surface area contributed by atoms with Crippen molar-refractivity contribution in [1.82, 2.24) is 15.1 Å². The molecule has 0 spiro atoms. The molecule has 1 aromatic heterocycles. The van der Waals surface area contributed by atoms with E-state index in [1.54, 1.807) is 30.8 Å². The first-order valence-corrected chi connectivity index (χ1v) is 13.3. The lowest BCUT2D eigenvalue weighted by atomic mass is 9.96. The van der Waals surface area contributed by atoms with Crippen LogP contribution in [0.2, 0.25) is 10.0 Å². The number of nitrogens with zero attached hydrogens (tertiary/aromatic N) is 2. The van der Waals surface area contributed by atoms with Crippen molar-refractivity contribution < 1.29 is 18.7 Å². The molecule has 0 radical (unpaired) electrons. The monoisotopic (exact) mass is 599 g/mol. The first-order chi connectivity index (χ1) is 18.3. The standard InChI is InChI=1S/C27H32Cl2FN5O3.ClH/c1-18-24(33-26(36)32-23-16-22(29)21(28)15-19(23)7-6-14-37-2)35(20-8-4-3-5-9-20)34-25(18)38-17-27(30)10-12-31-13-11-27;/h3-5,8-9,15-16,31H,6-7,10-14,17H2,1-2H3,(H2,32,33,36);1H. The molecule has 2 amide bonds. The molecule has 0 atom stereocenters. The maximum absolute atomic E-state index is 15.2.